The second-order valence-electron chi connectivity index (χ2n) is 2.78. The number of hydrogen-bond acceptors (Lipinski definition) is 4. The number of halogens is 1. The normalized spacial score (nSPS) is 12.1. The van der Waals surface area contributed by atoms with E-state index < -0.39 is 9.05 Å². The summed E-state index contributed by atoms with van der Waals surface area (Å²) in [6.07, 6.45) is 4.64. The summed E-state index contributed by atoms with van der Waals surface area (Å²) in [5.74, 6) is -0.239. The molecule has 0 saturated heterocycles. The predicted octanol–water partition coefficient (Wildman–Crippen LogP) is 0.798. The monoisotopic (exact) mass is 231 g/mol. The minimum atomic E-state index is -3.54. The minimum Gasteiger partial charge on any atom is -0.237 e. The Hall–Kier alpha value is -1.14. The Labute approximate surface area is 84.8 Å². The second-order valence-corrected chi connectivity index (χ2v) is 5.56. The van der Waals surface area contributed by atoms with E-state index in [1.165, 1.54) is 10.7 Å². The van der Waals surface area contributed by atoms with Crippen LogP contribution in [-0.4, -0.2) is 23.0 Å². The van der Waals surface area contributed by atoms with E-state index in [0.717, 1.165) is 0 Å². The number of hydrogen-bond donors (Lipinski definition) is 0. The number of nitrogens with zero attached hydrogens (tertiary/aromatic N) is 3. The summed E-state index contributed by atoms with van der Waals surface area (Å²) in [6.45, 7) is 0. The van der Waals surface area contributed by atoms with Crippen molar-refractivity contribution in [3.8, 4) is 0 Å². The topological polar surface area (TPSA) is 64.3 Å². The lowest BCUT2D eigenvalue weighted by Crippen LogP contribution is -1.99. The molecule has 2 aromatic heterocycles. The highest BCUT2D eigenvalue weighted by atomic mass is 35.7. The van der Waals surface area contributed by atoms with Crippen molar-refractivity contribution in [2.45, 2.75) is 5.75 Å². The Morgan fingerprint density at radius 2 is 2.29 bits per heavy atom. The average molecular weight is 232 g/mol. The van der Waals surface area contributed by atoms with E-state index in [9.17, 15) is 8.42 Å². The molecule has 0 fully saturated rings. The SMILES string of the molecule is O=S(=O)(Cl)Cc1cnc2ccnn2c1. The van der Waals surface area contributed by atoms with Gasteiger partial charge in [-0.3, -0.25) is 0 Å². The van der Waals surface area contributed by atoms with Crippen LogP contribution in [0.15, 0.2) is 24.7 Å². The summed E-state index contributed by atoms with van der Waals surface area (Å²) in [6, 6.07) is 1.72. The lowest BCUT2D eigenvalue weighted by atomic mass is 10.4. The first-order valence-corrected chi connectivity index (χ1v) is 6.23. The first kappa shape index (κ1) is 9.42. The van der Waals surface area contributed by atoms with Gasteiger partial charge in [0.2, 0.25) is 9.05 Å². The van der Waals surface area contributed by atoms with Crippen molar-refractivity contribution in [2.24, 2.45) is 0 Å². The molecule has 0 unspecified atom stereocenters. The average Bonchev–Trinajstić information content (AvgIpc) is 2.47. The molecule has 74 valence electrons. The molecule has 0 amide bonds. The summed E-state index contributed by atoms with van der Waals surface area (Å²) >= 11 is 0. The van der Waals surface area contributed by atoms with E-state index in [2.05, 4.69) is 10.1 Å². The van der Waals surface area contributed by atoms with Crippen molar-refractivity contribution in [1.29, 1.82) is 0 Å². The molecular weight excluding hydrogens is 226 g/mol. The molecule has 0 spiro atoms. The Balaban J connectivity index is 2.44. The first-order valence-electron chi connectivity index (χ1n) is 3.75. The third kappa shape index (κ3) is 2.02. The Bertz CT molecular complexity index is 563. The van der Waals surface area contributed by atoms with Gasteiger partial charge in [-0.05, 0) is 0 Å². The van der Waals surface area contributed by atoms with Crippen LogP contribution in [0.5, 0.6) is 0 Å². The number of fused-ring (bicyclic) bond motifs is 1. The number of aromatic nitrogens is 3. The van der Waals surface area contributed by atoms with E-state index in [4.69, 9.17) is 10.7 Å². The van der Waals surface area contributed by atoms with Crippen LogP contribution in [0.25, 0.3) is 5.65 Å². The highest BCUT2D eigenvalue weighted by Crippen LogP contribution is 2.09. The van der Waals surface area contributed by atoms with Gasteiger partial charge in [0.05, 0.1) is 11.9 Å². The molecule has 0 N–H and O–H groups in total. The molecule has 5 nitrogen and oxygen atoms in total. The predicted molar refractivity (Wildman–Crippen MR) is 51.5 cm³/mol. The van der Waals surface area contributed by atoms with Crippen LogP contribution >= 0.6 is 10.7 Å². The summed E-state index contributed by atoms with van der Waals surface area (Å²) in [4.78, 5) is 4.00. The second kappa shape index (κ2) is 3.21. The maximum atomic E-state index is 10.8. The Morgan fingerprint density at radius 1 is 1.50 bits per heavy atom. The van der Waals surface area contributed by atoms with Crippen LogP contribution in [0.4, 0.5) is 0 Å². The third-order valence-corrected chi connectivity index (χ3v) is 2.64. The van der Waals surface area contributed by atoms with Gasteiger partial charge < -0.3 is 0 Å². The summed E-state index contributed by atoms with van der Waals surface area (Å²) in [5.41, 5.74) is 1.18. The summed E-state index contributed by atoms with van der Waals surface area (Å²) < 4.78 is 23.1. The fraction of sp³-hybridized carbons (Fsp3) is 0.143. The molecule has 0 aliphatic heterocycles. The largest absolute Gasteiger partial charge is 0.237 e. The van der Waals surface area contributed by atoms with Crippen molar-refractivity contribution in [3.63, 3.8) is 0 Å². The zero-order valence-corrected chi connectivity index (χ0v) is 8.53. The summed E-state index contributed by atoms with van der Waals surface area (Å²) in [7, 11) is 1.57. The van der Waals surface area contributed by atoms with Crippen molar-refractivity contribution < 1.29 is 8.42 Å². The molecule has 0 atom stereocenters. The van der Waals surface area contributed by atoms with E-state index in [-0.39, 0.29) is 5.75 Å². The maximum absolute atomic E-state index is 10.8. The van der Waals surface area contributed by atoms with Crippen molar-refractivity contribution in [1.82, 2.24) is 14.6 Å². The molecule has 0 aliphatic rings. The van der Waals surface area contributed by atoms with Crippen molar-refractivity contribution in [3.05, 3.63) is 30.2 Å². The van der Waals surface area contributed by atoms with Gasteiger partial charge in [-0.25, -0.2) is 17.9 Å². The van der Waals surface area contributed by atoms with Crippen molar-refractivity contribution >= 4 is 25.4 Å². The molecule has 0 bridgehead atoms. The van der Waals surface area contributed by atoms with Crippen LogP contribution in [0.2, 0.25) is 0 Å². The van der Waals surface area contributed by atoms with E-state index in [1.807, 2.05) is 0 Å². The maximum Gasteiger partial charge on any atom is 0.236 e. The molecule has 0 saturated carbocycles. The van der Waals surface area contributed by atoms with Crippen LogP contribution < -0.4 is 0 Å². The first-order chi connectivity index (χ1) is 6.54. The van der Waals surface area contributed by atoms with Crippen LogP contribution in [0.3, 0.4) is 0 Å². The smallest absolute Gasteiger partial charge is 0.236 e. The van der Waals surface area contributed by atoms with Gasteiger partial charge in [0.25, 0.3) is 0 Å². The zero-order chi connectivity index (χ0) is 10.2. The van der Waals surface area contributed by atoms with Gasteiger partial charge >= 0.3 is 0 Å². The van der Waals surface area contributed by atoms with Gasteiger partial charge in [0, 0.05) is 34.7 Å². The van der Waals surface area contributed by atoms with E-state index >= 15 is 0 Å². The van der Waals surface area contributed by atoms with Gasteiger partial charge in [0.1, 0.15) is 0 Å². The molecule has 0 radical (unpaired) electrons. The van der Waals surface area contributed by atoms with Gasteiger partial charge in [0.15, 0.2) is 5.65 Å². The lowest BCUT2D eigenvalue weighted by molar-refractivity contribution is 0.608. The standard InChI is InChI=1S/C7H6ClN3O2S/c8-14(12,13)5-6-3-9-7-1-2-10-11(7)4-6/h1-4H,5H2. The van der Waals surface area contributed by atoms with Crippen LogP contribution in [0, 0.1) is 0 Å². The molecule has 0 aliphatic carbocycles. The van der Waals surface area contributed by atoms with E-state index in [1.54, 1.807) is 18.5 Å². The third-order valence-electron chi connectivity index (χ3n) is 1.64. The van der Waals surface area contributed by atoms with Gasteiger partial charge in [-0.1, -0.05) is 0 Å². The number of rotatable bonds is 2. The van der Waals surface area contributed by atoms with Gasteiger partial charge in [-0.15, -0.1) is 0 Å². The fourth-order valence-electron chi connectivity index (χ4n) is 1.12. The van der Waals surface area contributed by atoms with Crippen molar-refractivity contribution in [2.75, 3.05) is 0 Å². The molecule has 2 rings (SSSR count). The Morgan fingerprint density at radius 3 is 3.00 bits per heavy atom. The van der Waals surface area contributed by atoms with E-state index in [0.29, 0.717) is 11.2 Å². The highest BCUT2D eigenvalue weighted by Gasteiger charge is 2.08. The molecule has 0 aromatic carbocycles. The van der Waals surface area contributed by atoms with Crippen LogP contribution in [0.1, 0.15) is 5.56 Å². The molecule has 2 heterocycles. The molecule has 7 heteroatoms. The highest BCUT2D eigenvalue weighted by molar-refractivity contribution is 8.13. The quantitative estimate of drug-likeness (QED) is 0.717. The zero-order valence-electron chi connectivity index (χ0n) is 6.96. The molecule has 14 heavy (non-hydrogen) atoms. The molecule has 2 aromatic rings. The summed E-state index contributed by atoms with van der Waals surface area (Å²) in [5, 5.41) is 3.93. The molecular formula is C7H6ClN3O2S. The Kier molecular flexibility index (Phi) is 2.16. The minimum absolute atomic E-state index is 0.239. The van der Waals surface area contributed by atoms with Gasteiger partial charge in [-0.2, -0.15) is 5.10 Å². The fourth-order valence-corrected chi connectivity index (χ4v) is 2.05. The lowest BCUT2D eigenvalue weighted by Gasteiger charge is -1.97. The van der Waals surface area contributed by atoms with Crippen LogP contribution in [-0.2, 0) is 14.8 Å².